The minimum atomic E-state index is -0.209. The third kappa shape index (κ3) is 4.23. The summed E-state index contributed by atoms with van der Waals surface area (Å²) in [6.07, 6.45) is 0.604. The van der Waals surface area contributed by atoms with Crippen LogP contribution in [0.2, 0.25) is 0 Å². The molecule has 0 spiro atoms. The molecule has 1 N–H and O–H groups in total. The van der Waals surface area contributed by atoms with Crippen molar-refractivity contribution in [1.29, 1.82) is 0 Å². The first-order chi connectivity index (χ1) is 15.2. The molecule has 0 bridgehead atoms. The second-order valence-electron chi connectivity index (χ2n) is 7.18. The second-order valence-corrected chi connectivity index (χ2v) is 7.18. The van der Waals surface area contributed by atoms with E-state index >= 15 is 0 Å². The molecule has 0 radical (unpaired) electrons. The fraction of sp³-hybridized carbons (Fsp3) is 0.0800. The van der Waals surface area contributed by atoms with Crippen LogP contribution < -0.4 is 5.32 Å². The van der Waals surface area contributed by atoms with Crippen LogP contribution in [0.15, 0.2) is 93.9 Å². The molecule has 152 valence electrons. The number of benzene rings is 3. The van der Waals surface area contributed by atoms with Crippen LogP contribution in [0.4, 0.5) is 0 Å². The zero-order valence-corrected chi connectivity index (χ0v) is 16.6. The number of oxazole rings is 1. The van der Waals surface area contributed by atoms with E-state index in [4.69, 9.17) is 8.94 Å². The third-order valence-electron chi connectivity index (χ3n) is 4.94. The molecule has 0 fully saturated rings. The Morgan fingerprint density at radius 3 is 2.48 bits per heavy atom. The highest BCUT2D eigenvalue weighted by Gasteiger charge is 2.13. The topological polar surface area (TPSA) is 81.2 Å². The monoisotopic (exact) mass is 409 g/mol. The van der Waals surface area contributed by atoms with Gasteiger partial charge in [-0.2, -0.15) is 0 Å². The molecule has 0 saturated carbocycles. The van der Waals surface area contributed by atoms with E-state index in [1.54, 1.807) is 18.2 Å². The van der Waals surface area contributed by atoms with Crippen LogP contribution in [0.25, 0.3) is 22.4 Å². The van der Waals surface area contributed by atoms with Crippen molar-refractivity contribution in [2.45, 2.75) is 13.0 Å². The van der Waals surface area contributed by atoms with Crippen molar-refractivity contribution in [3.05, 3.63) is 108 Å². The van der Waals surface area contributed by atoms with Crippen molar-refractivity contribution in [2.75, 3.05) is 0 Å². The van der Waals surface area contributed by atoms with E-state index in [2.05, 4.69) is 15.5 Å². The van der Waals surface area contributed by atoms with Crippen LogP contribution in [0.1, 0.15) is 27.5 Å². The number of carbonyl (C=O) groups excluding carboxylic acids is 1. The van der Waals surface area contributed by atoms with E-state index < -0.39 is 0 Å². The molecule has 2 heterocycles. The van der Waals surface area contributed by atoms with Crippen LogP contribution in [-0.2, 0) is 13.0 Å². The molecule has 2 aromatic heterocycles. The number of fused-ring (bicyclic) bond motifs is 1. The van der Waals surface area contributed by atoms with Gasteiger partial charge in [0, 0.05) is 23.6 Å². The van der Waals surface area contributed by atoms with Gasteiger partial charge in [-0.15, -0.1) is 0 Å². The standard InChI is InChI=1S/C25H19N3O3/c29-25(26-16-20-15-23(31-28-20)18-9-5-2-6-10-18)19-11-12-22-21(14-19)27-24(30-22)13-17-7-3-1-4-8-17/h1-12,14-15H,13,16H2,(H,26,29). The average molecular weight is 409 g/mol. The van der Waals surface area contributed by atoms with Crippen molar-refractivity contribution >= 4 is 17.0 Å². The fourth-order valence-electron chi connectivity index (χ4n) is 3.37. The molecular weight excluding hydrogens is 390 g/mol. The molecule has 0 aliphatic carbocycles. The van der Waals surface area contributed by atoms with Gasteiger partial charge in [-0.25, -0.2) is 4.98 Å². The van der Waals surface area contributed by atoms with Crippen molar-refractivity contribution in [2.24, 2.45) is 0 Å². The number of hydrogen-bond donors (Lipinski definition) is 1. The van der Waals surface area contributed by atoms with E-state index in [0.717, 1.165) is 11.1 Å². The summed E-state index contributed by atoms with van der Waals surface area (Å²) in [5.74, 6) is 1.08. The summed E-state index contributed by atoms with van der Waals surface area (Å²) in [7, 11) is 0. The summed E-state index contributed by atoms with van der Waals surface area (Å²) in [5.41, 5.74) is 4.54. The van der Waals surface area contributed by atoms with Crippen LogP contribution >= 0.6 is 0 Å². The van der Waals surface area contributed by atoms with Gasteiger partial charge in [0.25, 0.3) is 5.91 Å². The predicted octanol–water partition coefficient (Wildman–Crippen LogP) is 5.00. The molecule has 0 unspecified atom stereocenters. The molecule has 3 aromatic carbocycles. The Morgan fingerprint density at radius 1 is 0.903 bits per heavy atom. The highest BCUT2D eigenvalue weighted by atomic mass is 16.5. The number of amides is 1. The maximum atomic E-state index is 12.6. The Bertz CT molecular complexity index is 1320. The van der Waals surface area contributed by atoms with Crippen LogP contribution in [0.5, 0.6) is 0 Å². The van der Waals surface area contributed by atoms with Crippen molar-refractivity contribution in [1.82, 2.24) is 15.5 Å². The minimum absolute atomic E-state index is 0.209. The van der Waals surface area contributed by atoms with E-state index in [9.17, 15) is 4.79 Å². The summed E-state index contributed by atoms with van der Waals surface area (Å²) in [4.78, 5) is 17.1. The number of aromatic nitrogens is 2. The maximum absolute atomic E-state index is 12.6. The van der Waals surface area contributed by atoms with Gasteiger partial charge < -0.3 is 14.3 Å². The largest absolute Gasteiger partial charge is 0.440 e. The van der Waals surface area contributed by atoms with Gasteiger partial charge in [-0.05, 0) is 23.8 Å². The van der Waals surface area contributed by atoms with Crippen LogP contribution in [0, 0.1) is 0 Å². The van der Waals surface area contributed by atoms with Gasteiger partial charge in [0.1, 0.15) is 11.2 Å². The van der Waals surface area contributed by atoms with Gasteiger partial charge in [0.15, 0.2) is 17.2 Å². The summed E-state index contributed by atoms with van der Waals surface area (Å²) in [6, 6.07) is 26.8. The second kappa shape index (κ2) is 8.28. The number of hydrogen-bond acceptors (Lipinski definition) is 5. The molecule has 0 aliphatic rings. The Morgan fingerprint density at radius 2 is 1.68 bits per heavy atom. The lowest BCUT2D eigenvalue weighted by Gasteiger charge is -2.02. The van der Waals surface area contributed by atoms with Gasteiger partial charge in [-0.3, -0.25) is 4.79 Å². The summed E-state index contributed by atoms with van der Waals surface area (Å²) >= 11 is 0. The number of nitrogens with one attached hydrogen (secondary N) is 1. The molecule has 5 aromatic rings. The van der Waals surface area contributed by atoms with Gasteiger partial charge in [-0.1, -0.05) is 65.8 Å². The summed E-state index contributed by atoms with van der Waals surface area (Å²) < 4.78 is 11.2. The molecule has 6 nitrogen and oxygen atoms in total. The Balaban J connectivity index is 1.26. The first kappa shape index (κ1) is 18.8. The molecule has 1 amide bonds. The Hall–Kier alpha value is -4.19. The lowest BCUT2D eigenvalue weighted by atomic mass is 10.1. The van der Waals surface area contributed by atoms with Crippen molar-refractivity contribution < 1.29 is 13.7 Å². The van der Waals surface area contributed by atoms with E-state index in [-0.39, 0.29) is 12.5 Å². The number of nitrogens with zero attached hydrogens (tertiary/aromatic N) is 2. The number of rotatable bonds is 6. The Labute approximate surface area is 178 Å². The van der Waals surface area contributed by atoms with Crippen molar-refractivity contribution in [3.8, 4) is 11.3 Å². The predicted molar refractivity (Wildman–Crippen MR) is 116 cm³/mol. The molecule has 0 aliphatic heterocycles. The summed E-state index contributed by atoms with van der Waals surface area (Å²) in [6.45, 7) is 0.269. The lowest BCUT2D eigenvalue weighted by Crippen LogP contribution is -2.22. The quantitative estimate of drug-likeness (QED) is 0.427. The lowest BCUT2D eigenvalue weighted by molar-refractivity contribution is 0.0950. The van der Waals surface area contributed by atoms with E-state index in [0.29, 0.717) is 40.4 Å². The van der Waals surface area contributed by atoms with E-state index in [1.165, 1.54) is 0 Å². The highest BCUT2D eigenvalue weighted by Crippen LogP contribution is 2.21. The summed E-state index contributed by atoms with van der Waals surface area (Å²) in [5, 5.41) is 6.91. The van der Waals surface area contributed by atoms with Gasteiger partial charge in [0.2, 0.25) is 0 Å². The molecular formula is C25H19N3O3. The first-order valence-electron chi connectivity index (χ1n) is 9.97. The van der Waals surface area contributed by atoms with E-state index in [1.807, 2.05) is 66.7 Å². The smallest absolute Gasteiger partial charge is 0.251 e. The average Bonchev–Trinajstić information content (AvgIpc) is 3.45. The normalized spacial score (nSPS) is 11.0. The van der Waals surface area contributed by atoms with Crippen molar-refractivity contribution in [3.63, 3.8) is 0 Å². The molecule has 6 heteroatoms. The molecule has 31 heavy (non-hydrogen) atoms. The molecule has 5 rings (SSSR count). The first-order valence-corrected chi connectivity index (χ1v) is 9.97. The third-order valence-corrected chi connectivity index (χ3v) is 4.94. The Kier molecular flexibility index (Phi) is 5.02. The van der Waals surface area contributed by atoms with Crippen LogP contribution in [-0.4, -0.2) is 16.0 Å². The molecule has 0 atom stereocenters. The minimum Gasteiger partial charge on any atom is -0.440 e. The number of carbonyl (C=O) groups is 1. The molecule has 0 saturated heterocycles. The van der Waals surface area contributed by atoms with Crippen LogP contribution in [0.3, 0.4) is 0 Å². The highest BCUT2D eigenvalue weighted by molar-refractivity contribution is 5.97. The van der Waals surface area contributed by atoms with Gasteiger partial charge >= 0.3 is 0 Å². The fourth-order valence-corrected chi connectivity index (χ4v) is 3.37. The SMILES string of the molecule is O=C(NCc1cc(-c2ccccc2)on1)c1ccc2oc(Cc3ccccc3)nc2c1. The maximum Gasteiger partial charge on any atom is 0.251 e. The zero-order chi connectivity index (χ0) is 21.0. The zero-order valence-electron chi connectivity index (χ0n) is 16.6. The van der Waals surface area contributed by atoms with Gasteiger partial charge in [0.05, 0.1) is 6.54 Å².